The van der Waals surface area contributed by atoms with E-state index in [9.17, 15) is 0 Å². The van der Waals surface area contributed by atoms with Crippen molar-refractivity contribution in [1.82, 2.24) is 30.3 Å². The maximum atomic E-state index is 4.39. The molecular weight excluding hydrogens is 326 g/mol. The fourth-order valence-corrected chi connectivity index (χ4v) is 4.21. The van der Waals surface area contributed by atoms with E-state index in [2.05, 4.69) is 30.7 Å². The van der Waals surface area contributed by atoms with Crippen LogP contribution in [0, 0.1) is 0 Å². The summed E-state index contributed by atoms with van der Waals surface area (Å²) in [6, 6.07) is 1.41. The molecule has 2 N–H and O–H groups in total. The zero-order valence-electron chi connectivity index (χ0n) is 16.2. The van der Waals surface area contributed by atoms with E-state index >= 15 is 0 Å². The average molecular weight is 362 g/mol. The van der Waals surface area contributed by atoms with Gasteiger partial charge >= 0.3 is 0 Å². The minimum atomic E-state index is 0.554. The third kappa shape index (κ3) is 5.97. The molecule has 0 aromatic carbocycles. The Kier molecular flexibility index (Phi) is 7.73. The number of aliphatic imine (C=N–C) groups is 1. The Morgan fingerprint density at radius 3 is 2.46 bits per heavy atom. The van der Waals surface area contributed by atoms with Crippen LogP contribution in [0.15, 0.2) is 17.6 Å². The van der Waals surface area contributed by atoms with E-state index in [0.29, 0.717) is 6.04 Å². The van der Waals surface area contributed by atoms with Crippen LogP contribution in [0.2, 0.25) is 0 Å². The molecule has 0 radical (unpaired) electrons. The van der Waals surface area contributed by atoms with Crippen molar-refractivity contribution in [1.29, 1.82) is 0 Å². The molecule has 7 heteroatoms. The quantitative estimate of drug-likeness (QED) is 0.442. The summed E-state index contributed by atoms with van der Waals surface area (Å²) in [6.45, 7) is 4.39. The number of nitrogens with one attached hydrogen (secondary N) is 2. The van der Waals surface area contributed by atoms with E-state index in [-0.39, 0.29) is 0 Å². The van der Waals surface area contributed by atoms with Gasteiger partial charge in [-0.15, -0.1) is 10.2 Å². The van der Waals surface area contributed by atoms with Crippen LogP contribution in [0.3, 0.4) is 0 Å². The maximum Gasteiger partial charge on any atom is 0.191 e. The number of piperidine rings is 1. The first kappa shape index (κ1) is 19.1. The summed E-state index contributed by atoms with van der Waals surface area (Å²) < 4.78 is 2.02. The number of aryl methyl sites for hydroxylation is 1. The first-order valence-electron chi connectivity index (χ1n) is 10.4. The van der Waals surface area contributed by atoms with E-state index < -0.39 is 0 Å². The van der Waals surface area contributed by atoms with Gasteiger partial charge in [0.05, 0.1) is 0 Å². The molecule has 2 fully saturated rings. The van der Waals surface area contributed by atoms with E-state index in [1.807, 2.05) is 11.6 Å². The van der Waals surface area contributed by atoms with Crippen molar-refractivity contribution in [2.75, 3.05) is 26.7 Å². The molecule has 3 rings (SSSR count). The van der Waals surface area contributed by atoms with Gasteiger partial charge in [-0.05, 0) is 38.5 Å². The van der Waals surface area contributed by atoms with Crippen LogP contribution >= 0.6 is 0 Å². The Bertz CT molecular complexity index is 514. The molecule has 0 amide bonds. The fourth-order valence-electron chi connectivity index (χ4n) is 4.21. The van der Waals surface area contributed by atoms with Gasteiger partial charge in [0.2, 0.25) is 0 Å². The maximum absolute atomic E-state index is 4.39. The van der Waals surface area contributed by atoms with Crippen molar-refractivity contribution in [3.8, 4) is 0 Å². The van der Waals surface area contributed by atoms with Crippen LogP contribution < -0.4 is 10.6 Å². The van der Waals surface area contributed by atoms with E-state index in [4.69, 9.17) is 0 Å². The third-order valence-electron chi connectivity index (χ3n) is 5.79. The molecule has 26 heavy (non-hydrogen) atoms. The second-order valence-corrected chi connectivity index (χ2v) is 7.65. The van der Waals surface area contributed by atoms with Crippen LogP contribution in [0.5, 0.6) is 0 Å². The normalized spacial score (nSPS) is 21.0. The first-order chi connectivity index (χ1) is 12.8. The van der Waals surface area contributed by atoms with Gasteiger partial charge in [0.15, 0.2) is 5.96 Å². The summed E-state index contributed by atoms with van der Waals surface area (Å²) in [5, 5.41) is 14.7. The summed E-state index contributed by atoms with van der Waals surface area (Å²) in [4.78, 5) is 7.13. The first-order valence-corrected chi connectivity index (χ1v) is 10.4. The van der Waals surface area contributed by atoms with Gasteiger partial charge in [-0.1, -0.05) is 19.3 Å². The summed E-state index contributed by atoms with van der Waals surface area (Å²) in [7, 11) is 1.86. The average Bonchev–Trinajstić information content (AvgIpc) is 3.21. The van der Waals surface area contributed by atoms with Gasteiger partial charge in [0.1, 0.15) is 12.7 Å². The molecule has 0 bridgehead atoms. The van der Waals surface area contributed by atoms with E-state index in [1.165, 1.54) is 58.0 Å². The van der Waals surface area contributed by atoms with Crippen LogP contribution in [-0.4, -0.2) is 64.4 Å². The molecule has 0 atom stereocenters. The number of nitrogens with zero attached hydrogens (tertiary/aromatic N) is 5. The molecule has 0 unspecified atom stereocenters. The highest BCUT2D eigenvalue weighted by molar-refractivity contribution is 5.79. The minimum Gasteiger partial charge on any atom is -0.356 e. The highest BCUT2D eigenvalue weighted by Crippen LogP contribution is 2.25. The van der Waals surface area contributed by atoms with Crippen molar-refractivity contribution in [3.63, 3.8) is 0 Å². The summed E-state index contributed by atoms with van der Waals surface area (Å²) in [5.74, 6) is 0.949. The lowest BCUT2D eigenvalue weighted by molar-refractivity contribution is 0.119. The Labute approximate surface area is 157 Å². The standard InChI is InChI=1S/C19H35N7/c1-20-19(21-11-5-6-12-25-15-22-23-16-25)24-17-9-13-26(14-10-17)18-7-3-2-4-8-18/h15-18H,2-14H2,1H3,(H2,20,21,24). The Balaban J connectivity index is 1.28. The van der Waals surface area contributed by atoms with Crippen molar-refractivity contribution in [2.24, 2.45) is 4.99 Å². The van der Waals surface area contributed by atoms with Crippen molar-refractivity contribution >= 4 is 5.96 Å². The summed E-state index contributed by atoms with van der Waals surface area (Å²) in [6.07, 6.45) is 15.3. The van der Waals surface area contributed by atoms with Gasteiger partial charge in [0, 0.05) is 45.3 Å². The zero-order chi connectivity index (χ0) is 18.0. The Hall–Kier alpha value is -1.63. The number of hydrogen-bond donors (Lipinski definition) is 2. The third-order valence-corrected chi connectivity index (χ3v) is 5.79. The lowest BCUT2D eigenvalue weighted by Gasteiger charge is -2.39. The number of aromatic nitrogens is 3. The van der Waals surface area contributed by atoms with Crippen LogP contribution in [0.25, 0.3) is 0 Å². The predicted molar refractivity (Wildman–Crippen MR) is 105 cm³/mol. The van der Waals surface area contributed by atoms with Crippen molar-refractivity contribution < 1.29 is 0 Å². The molecule has 1 saturated carbocycles. The molecular formula is C19H35N7. The SMILES string of the molecule is CN=C(NCCCCn1cnnc1)NC1CCN(C2CCCCC2)CC1. The number of hydrogen-bond acceptors (Lipinski definition) is 4. The molecule has 1 saturated heterocycles. The lowest BCUT2D eigenvalue weighted by Crippen LogP contribution is -2.51. The van der Waals surface area contributed by atoms with Crippen LogP contribution in [0.4, 0.5) is 0 Å². The number of likely N-dealkylation sites (tertiary alicyclic amines) is 1. The Morgan fingerprint density at radius 1 is 1.04 bits per heavy atom. The molecule has 146 valence electrons. The number of unbranched alkanes of at least 4 members (excludes halogenated alkanes) is 1. The monoisotopic (exact) mass is 361 g/mol. The summed E-state index contributed by atoms with van der Waals surface area (Å²) in [5.41, 5.74) is 0. The summed E-state index contributed by atoms with van der Waals surface area (Å²) >= 11 is 0. The molecule has 0 spiro atoms. The topological polar surface area (TPSA) is 70.4 Å². The predicted octanol–water partition coefficient (Wildman–Crippen LogP) is 2.02. The highest BCUT2D eigenvalue weighted by atomic mass is 15.2. The largest absolute Gasteiger partial charge is 0.356 e. The molecule has 1 aliphatic carbocycles. The fraction of sp³-hybridized carbons (Fsp3) is 0.842. The van der Waals surface area contributed by atoms with E-state index in [0.717, 1.165) is 37.9 Å². The molecule has 7 nitrogen and oxygen atoms in total. The lowest BCUT2D eigenvalue weighted by atomic mass is 9.92. The molecule has 1 aromatic rings. The minimum absolute atomic E-state index is 0.554. The molecule has 1 aliphatic heterocycles. The van der Waals surface area contributed by atoms with Crippen LogP contribution in [0.1, 0.15) is 57.8 Å². The van der Waals surface area contributed by atoms with Gasteiger partial charge in [-0.2, -0.15) is 0 Å². The van der Waals surface area contributed by atoms with Gasteiger partial charge in [-0.25, -0.2) is 0 Å². The zero-order valence-corrected chi connectivity index (χ0v) is 16.2. The Morgan fingerprint density at radius 2 is 1.77 bits per heavy atom. The second-order valence-electron chi connectivity index (χ2n) is 7.65. The second kappa shape index (κ2) is 10.5. The molecule has 1 aromatic heterocycles. The smallest absolute Gasteiger partial charge is 0.191 e. The van der Waals surface area contributed by atoms with Gasteiger partial charge in [-0.3, -0.25) is 4.99 Å². The highest BCUT2D eigenvalue weighted by Gasteiger charge is 2.26. The molecule has 2 heterocycles. The van der Waals surface area contributed by atoms with Crippen LogP contribution in [-0.2, 0) is 6.54 Å². The van der Waals surface area contributed by atoms with Gasteiger partial charge in [0.25, 0.3) is 0 Å². The molecule has 2 aliphatic rings. The number of rotatable bonds is 7. The van der Waals surface area contributed by atoms with E-state index in [1.54, 1.807) is 12.7 Å². The van der Waals surface area contributed by atoms with Crippen molar-refractivity contribution in [2.45, 2.75) is 76.4 Å². The number of guanidine groups is 1. The van der Waals surface area contributed by atoms with Crippen molar-refractivity contribution in [3.05, 3.63) is 12.7 Å². The van der Waals surface area contributed by atoms with Gasteiger partial charge < -0.3 is 20.1 Å².